The summed E-state index contributed by atoms with van der Waals surface area (Å²) >= 11 is 6.98. The number of rotatable bonds is 3. The summed E-state index contributed by atoms with van der Waals surface area (Å²) in [6.07, 6.45) is 0.808. The molecule has 0 aliphatic rings. The van der Waals surface area contributed by atoms with Gasteiger partial charge < -0.3 is 5.73 Å². The molecule has 0 bridgehead atoms. The highest BCUT2D eigenvalue weighted by Gasteiger charge is 2.21. The molecule has 2 rings (SSSR count). The molecule has 0 spiro atoms. The van der Waals surface area contributed by atoms with Crippen LogP contribution in [-0.4, -0.2) is 0 Å². The van der Waals surface area contributed by atoms with Crippen molar-refractivity contribution < 1.29 is 0 Å². The maximum Gasteiger partial charge on any atom is 0.0422 e. The van der Waals surface area contributed by atoms with E-state index in [4.69, 9.17) is 5.73 Å². The summed E-state index contributed by atoms with van der Waals surface area (Å²) in [7, 11) is 0. The number of hydrogen-bond donors (Lipinski definition) is 1. The van der Waals surface area contributed by atoms with Crippen molar-refractivity contribution in [2.45, 2.75) is 18.9 Å². The molecule has 0 aliphatic carbocycles. The van der Waals surface area contributed by atoms with Crippen LogP contribution in [0.3, 0.4) is 0 Å². The number of hydrogen-bond acceptors (Lipinski definition) is 1. The first-order chi connectivity index (χ1) is 8.47. The van der Waals surface area contributed by atoms with Gasteiger partial charge in [-0.05, 0) is 48.7 Å². The number of halogens is 2. The van der Waals surface area contributed by atoms with Crippen LogP contribution in [0.1, 0.15) is 18.1 Å². The molecule has 0 radical (unpaired) electrons. The van der Waals surface area contributed by atoms with E-state index in [0.717, 1.165) is 20.9 Å². The minimum Gasteiger partial charge on any atom is -0.321 e. The van der Waals surface area contributed by atoms with Gasteiger partial charge in [0.05, 0.1) is 0 Å². The highest BCUT2D eigenvalue weighted by molar-refractivity contribution is 9.10. The number of benzene rings is 2. The van der Waals surface area contributed by atoms with Crippen molar-refractivity contribution in [3.05, 3.63) is 68.6 Å². The second-order valence-electron chi connectivity index (χ2n) is 4.73. The predicted octanol–water partition coefficient (Wildman–Crippen LogP) is 4.63. The summed E-state index contributed by atoms with van der Waals surface area (Å²) in [5.74, 6) is 0. The molecule has 0 heterocycles. The van der Waals surface area contributed by atoms with Crippen molar-refractivity contribution in [1.82, 2.24) is 0 Å². The van der Waals surface area contributed by atoms with E-state index < -0.39 is 0 Å². The monoisotopic (exact) mass is 367 g/mol. The van der Waals surface area contributed by atoms with E-state index in [0.29, 0.717) is 0 Å². The van der Waals surface area contributed by atoms with Gasteiger partial charge in [0.2, 0.25) is 0 Å². The van der Waals surface area contributed by atoms with Crippen LogP contribution in [0.15, 0.2) is 57.5 Å². The zero-order chi connectivity index (χ0) is 13.2. The fourth-order valence-electron chi connectivity index (χ4n) is 2.02. The fourth-order valence-corrected chi connectivity index (χ4v) is 2.86. The van der Waals surface area contributed by atoms with Gasteiger partial charge in [-0.15, -0.1) is 0 Å². The lowest BCUT2D eigenvalue weighted by atomic mass is 9.87. The smallest absolute Gasteiger partial charge is 0.0422 e. The molecule has 2 N–H and O–H groups in total. The lowest BCUT2D eigenvalue weighted by Gasteiger charge is -2.25. The van der Waals surface area contributed by atoms with E-state index in [9.17, 15) is 0 Å². The van der Waals surface area contributed by atoms with Gasteiger partial charge in [0.1, 0.15) is 0 Å². The normalized spacial score (nSPS) is 14.2. The van der Waals surface area contributed by atoms with Gasteiger partial charge in [-0.3, -0.25) is 0 Å². The lowest BCUT2D eigenvalue weighted by molar-refractivity contribution is 0.491. The van der Waals surface area contributed by atoms with Crippen LogP contribution < -0.4 is 5.73 Å². The van der Waals surface area contributed by atoms with Gasteiger partial charge in [-0.2, -0.15) is 0 Å². The van der Waals surface area contributed by atoms with Crippen LogP contribution in [0.5, 0.6) is 0 Å². The summed E-state index contributed by atoms with van der Waals surface area (Å²) in [6, 6.07) is 16.5. The maximum atomic E-state index is 6.45. The third kappa shape index (κ3) is 3.44. The largest absolute Gasteiger partial charge is 0.321 e. The average Bonchev–Trinajstić information content (AvgIpc) is 2.28. The number of nitrogens with two attached hydrogens (primary N) is 1. The minimum absolute atomic E-state index is 0.370. The Morgan fingerprint density at radius 3 is 2.22 bits per heavy atom. The Labute approximate surface area is 125 Å². The van der Waals surface area contributed by atoms with Crippen LogP contribution in [0.25, 0.3) is 0 Å². The highest BCUT2D eigenvalue weighted by atomic mass is 79.9. The van der Waals surface area contributed by atoms with Crippen molar-refractivity contribution in [2.75, 3.05) is 0 Å². The molecule has 0 saturated heterocycles. The highest BCUT2D eigenvalue weighted by Crippen LogP contribution is 2.26. The Kier molecular flexibility index (Phi) is 4.25. The first-order valence-electron chi connectivity index (χ1n) is 5.77. The van der Waals surface area contributed by atoms with Crippen LogP contribution in [0.4, 0.5) is 0 Å². The Bertz CT molecular complexity index is 550. The Morgan fingerprint density at radius 1 is 1.00 bits per heavy atom. The zero-order valence-electron chi connectivity index (χ0n) is 10.2. The van der Waals surface area contributed by atoms with Gasteiger partial charge in [-0.25, -0.2) is 0 Å². The minimum atomic E-state index is -0.370. The van der Waals surface area contributed by atoms with Gasteiger partial charge >= 0.3 is 0 Å². The molecule has 1 nitrogen and oxygen atoms in total. The van der Waals surface area contributed by atoms with Crippen LogP contribution in [0.2, 0.25) is 0 Å². The summed E-state index contributed by atoms with van der Waals surface area (Å²) in [5, 5.41) is 0. The van der Waals surface area contributed by atoms with Crippen LogP contribution in [0, 0.1) is 0 Å². The van der Waals surface area contributed by atoms with Crippen LogP contribution in [-0.2, 0) is 12.0 Å². The second kappa shape index (κ2) is 5.55. The van der Waals surface area contributed by atoms with Gasteiger partial charge in [0, 0.05) is 14.5 Å². The fraction of sp³-hybridized carbons (Fsp3) is 0.200. The van der Waals surface area contributed by atoms with Gasteiger partial charge in [0.25, 0.3) is 0 Å². The van der Waals surface area contributed by atoms with Gasteiger partial charge in [0.15, 0.2) is 0 Å². The molecule has 0 aliphatic heterocycles. The molecular formula is C15H15Br2N. The first-order valence-corrected chi connectivity index (χ1v) is 7.35. The molecule has 2 aromatic carbocycles. The Balaban J connectivity index is 2.26. The molecular weight excluding hydrogens is 354 g/mol. The second-order valence-corrected chi connectivity index (χ2v) is 6.57. The molecule has 18 heavy (non-hydrogen) atoms. The summed E-state index contributed by atoms with van der Waals surface area (Å²) in [6.45, 7) is 2.07. The van der Waals surface area contributed by atoms with E-state index in [-0.39, 0.29) is 5.54 Å². The summed E-state index contributed by atoms with van der Waals surface area (Å²) in [5.41, 5.74) is 8.45. The van der Waals surface area contributed by atoms with Crippen molar-refractivity contribution in [3.8, 4) is 0 Å². The molecule has 0 aromatic heterocycles. The van der Waals surface area contributed by atoms with Crippen molar-refractivity contribution in [2.24, 2.45) is 5.73 Å². The van der Waals surface area contributed by atoms with E-state index in [1.54, 1.807) is 0 Å². The molecule has 3 heteroatoms. The van der Waals surface area contributed by atoms with E-state index in [1.165, 1.54) is 5.56 Å². The molecule has 0 amide bonds. The van der Waals surface area contributed by atoms with E-state index in [1.807, 2.05) is 24.3 Å². The van der Waals surface area contributed by atoms with Crippen molar-refractivity contribution >= 4 is 31.9 Å². The molecule has 0 saturated carbocycles. The summed E-state index contributed by atoms with van der Waals surface area (Å²) in [4.78, 5) is 0. The molecule has 94 valence electrons. The third-order valence-corrected chi connectivity index (χ3v) is 3.93. The average molecular weight is 369 g/mol. The standard InChI is InChI=1S/C15H15Br2N/c1-15(18,12-5-3-7-14(17)9-12)10-11-4-2-6-13(16)8-11/h2-9H,10,18H2,1H3. The SMILES string of the molecule is CC(N)(Cc1cccc(Br)c1)c1cccc(Br)c1. The molecule has 1 unspecified atom stereocenters. The van der Waals surface area contributed by atoms with E-state index in [2.05, 4.69) is 63.0 Å². The van der Waals surface area contributed by atoms with Crippen molar-refractivity contribution in [3.63, 3.8) is 0 Å². The lowest BCUT2D eigenvalue weighted by Crippen LogP contribution is -2.35. The molecule has 1 atom stereocenters. The third-order valence-electron chi connectivity index (χ3n) is 2.94. The topological polar surface area (TPSA) is 26.0 Å². The summed E-state index contributed by atoms with van der Waals surface area (Å²) < 4.78 is 2.15. The van der Waals surface area contributed by atoms with E-state index >= 15 is 0 Å². The van der Waals surface area contributed by atoms with Gasteiger partial charge in [-0.1, -0.05) is 56.1 Å². The molecule has 0 fully saturated rings. The molecule has 2 aromatic rings. The first kappa shape index (κ1) is 13.8. The predicted molar refractivity (Wildman–Crippen MR) is 83.5 cm³/mol. The maximum absolute atomic E-state index is 6.45. The zero-order valence-corrected chi connectivity index (χ0v) is 13.3. The quantitative estimate of drug-likeness (QED) is 0.839. The Morgan fingerprint density at radius 2 is 1.61 bits per heavy atom. The van der Waals surface area contributed by atoms with Crippen LogP contribution >= 0.6 is 31.9 Å². The van der Waals surface area contributed by atoms with Crippen molar-refractivity contribution in [1.29, 1.82) is 0 Å². The Hall–Kier alpha value is -0.640.